The molecule has 1 unspecified atom stereocenters. The molecule has 2 N–H and O–H groups in total. The largest absolute Gasteiger partial charge is 0.492 e. The van der Waals surface area contributed by atoms with Crippen molar-refractivity contribution in [3.05, 3.63) is 131 Å². The lowest BCUT2D eigenvalue weighted by Gasteiger charge is -2.34. The van der Waals surface area contributed by atoms with E-state index in [4.69, 9.17) is 16.3 Å². The Morgan fingerprint density at radius 1 is 0.789 bits per heavy atom. The third-order valence-electron chi connectivity index (χ3n) is 11.1. The van der Waals surface area contributed by atoms with Gasteiger partial charge in [-0.05, 0) is 77.8 Å². The van der Waals surface area contributed by atoms with Gasteiger partial charge in [-0.1, -0.05) is 78.9 Å². The highest BCUT2D eigenvalue weighted by Gasteiger charge is 2.39. The summed E-state index contributed by atoms with van der Waals surface area (Å²) < 4.78 is 6.18. The molecule has 7 rings (SSSR count). The predicted molar refractivity (Wildman–Crippen MR) is 224 cm³/mol. The normalized spacial score (nSPS) is 17.6. The number of imide groups is 1. The second-order valence-corrected chi connectivity index (χ2v) is 15.1. The topological polar surface area (TPSA) is 111 Å². The van der Waals surface area contributed by atoms with Crippen molar-refractivity contribution < 1.29 is 23.9 Å². The number of nitrogens with one attached hydrogen (secondary N) is 2. The van der Waals surface area contributed by atoms with Crippen molar-refractivity contribution in [1.29, 1.82) is 0 Å². The van der Waals surface area contributed by atoms with E-state index in [-0.39, 0.29) is 24.1 Å². The van der Waals surface area contributed by atoms with Crippen LogP contribution in [0.2, 0.25) is 0 Å². The van der Waals surface area contributed by atoms with Gasteiger partial charge in [-0.25, -0.2) is 0 Å². The number of rotatable bonds is 16. The molecule has 3 aliphatic rings. The van der Waals surface area contributed by atoms with Crippen LogP contribution in [0.25, 0.3) is 11.1 Å². The van der Waals surface area contributed by atoms with Crippen molar-refractivity contribution in [3.63, 3.8) is 0 Å². The fourth-order valence-electron chi connectivity index (χ4n) is 8.03. The number of alkyl halides is 1. The summed E-state index contributed by atoms with van der Waals surface area (Å²) in [4.78, 5) is 56.1. The molecule has 4 amide bonds. The molecule has 3 heterocycles. The molecule has 4 aromatic rings. The molecular weight excluding hydrogens is 738 g/mol. The first kappa shape index (κ1) is 39.8. The number of anilines is 1. The van der Waals surface area contributed by atoms with Crippen molar-refractivity contribution in [2.24, 2.45) is 0 Å². The molecule has 0 radical (unpaired) electrons. The number of fused-ring (bicyclic) bond motifs is 1. The maximum Gasteiger partial charge on any atom is 0.255 e. The molecule has 0 aromatic heterocycles. The van der Waals surface area contributed by atoms with Crippen LogP contribution in [0, 0.1) is 0 Å². The van der Waals surface area contributed by atoms with E-state index in [0.29, 0.717) is 57.1 Å². The molecule has 2 fully saturated rings. The van der Waals surface area contributed by atoms with Gasteiger partial charge in [0.05, 0.1) is 0 Å². The highest BCUT2D eigenvalue weighted by molar-refractivity contribution is 6.18. The number of piperazine rings is 1. The number of hydrogen-bond acceptors (Lipinski definition) is 7. The molecule has 2 saturated heterocycles. The zero-order valence-electron chi connectivity index (χ0n) is 32.3. The smallest absolute Gasteiger partial charge is 0.255 e. The van der Waals surface area contributed by atoms with Gasteiger partial charge in [-0.2, -0.15) is 0 Å². The Kier molecular flexibility index (Phi) is 13.3. The zero-order valence-corrected chi connectivity index (χ0v) is 33.0. The molecule has 0 saturated carbocycles. The fraction of sp³-hybridized carbons (Fsp3) is 0.348. The Labute approximate surface area is 339 Å². The lowest BCUT2D eigenvalue weighted by atomic mass is 9.88. The summed E-state index contributed by atoms with van der Waals surface area (Å²) >= 11 is 6.32. The number of hydrogen-bond donors (Lipinski definition) is 2. The maximum atomic E-state index is 13.1. The third-order valence-corrected chi connectivity index (χ3v) is 11.3. The van der Waals surface area contributed by atoms with Crippen LogP contribution in [0.4, 0.5) is 5.69 Å². The molecule has 0 spiro atoms. The molecule has 3 aliphatic heterocycles. The Balaban J connectivity index is 0.827. The van der Waals surface area contributed by atoms with E-state index >= 15 is 0 Å². The molecule has 0 aliphatic carbocycles. The second-order valence-electron chi connectivity index (χ2n) is 14.7. The number of carbonyl (C=O) groups excluding carboxylic acids is 4. The van der Waals surface area contributed by atoms with Crippen LogP contribution in [0.3, 0.4) is 0 Å². The molecule has 296 valence electrons. The van der Waals surface area contributed by atoms with Gasteiger partial charge < -0.3 is 19.9 Å². The summed E-state index contributed by atoms with van der Waals surface area (Å²) in [5.41, 5.74) is 8.14. The molecule has 0 bridgehead atoms. The molecular formula is C46H50ClN5O5. The van der Waals surface area contributed by atoms with Gasteiger partial charge in [0.15, 0.2) is 0 Å². The van der Waals surface area contributed by atoms with E-state index < -0.39 is 11.9 Å². The molecule has 11 heteroatoms. The van der Waals surface area contributed by atoms with Gasteiger partial charge in [0.1, 0.15) is 18.4 Å². The number of piperidine rings is 1. The SMILES string of the molecule is O=C1CCC(N2Cc3c(NCCCCC(=O)N4CCN(CCOc5ccc(/C(=C(/CCCl)c6ccccc6)c6ccccc6)cc5)CC4)cccc3C2=O)C(=O)N1. The van der Waals surface area contributed by atoms with E-state index in [1.54, 1.807) is 11.0 Å². The highest BCUT2D eigenvalue weighted by Crippen LogP contribution is 2.36. The Morgan fingerprint density at radius 3 is 2.19 bits per heavy atom. The predicted octanol–water partition coefficient (Wildman–Crippen LogP) is 6.84. The van der Waals surface area contributed by atoms with Crippen LogP contribution in [-0.4, -0.2) is 96.1 Å². The number of halogens is 1. The van der Waals surface area contributed by atoms with Gasteiger partial charge in [0, 0.05) is 81.3 Å². The first-order valence-corrected chi connectivity index (χ1v) is 20.6. The third kappa shape index (κ3) is 9.75. The van der Waals surface area contributed by atoms with Gasteiger partial charge in [-0.15, -0.1) is 11.6 Å². The zero-order chi connectivity index (χ0) is 39.6. The van der Waals surface area contributed by atoms with Gasteiger partial charge >= 0.3 is 0 Å². The van der Waals surface area contributed by atoms with Crippen LogP contribution >= 0.6 is 11.6 Å². The number of nitrogens with zero attached hydrogens (tertiary/aromatic N) is 3. The van der Waals surface area contributed by atoms with E-state index in [0.717, 1.165) is 67.0 Å². The summed E-state index contributed by atoms with van der Waals surface area (Å²) in [5.74, 6) is 0.641. The second kappa shape index (κ2) is 19.1. The van der Waals surface area contributed by atoms with Gasteiger partial charge in [0.25, 0.3) is 5.91 Å². The number of amides is 4. The summed E-state index contributed by atoms with van der Waals surface area (Å²) in [7, 11) is 0. The van der Waals surface area contributed by atoms with Crippen LogP contribution in [0.5, 0.6) is 5.75 Å². The maximum absolute atomic E-state index is 13.1. The van der Waals surface area contributed by atoms with Crippen molar-refractivity contribution >= 4 is 52.1 Å². The summed E-state index contributed by atoms with van der Waals surface area (Å²) in [5, 5.41) is 5.80. The van der Waals surface area contributed by atoms with Crippen LogP contribution in [-0.2, 0) is 20.9 Å². The summed E-state index contributed by atoms with van der Waals surface area (Å²) in [6.45, 7) is 5.40. The summed E-state index contributed by atoms with van der Waals surface area (Å²) in [6, 6.07) is 34.2. The number of benzene rings is 4. The minimum atomic E-state index is -0.640. The van der Waals surface area contributed by atoms with Crippen molar-refractivity contribution in [2.75, 3.05) is 57.1 Å². The van der Waals surface area contributed by atoms with Crippen molar-refractivity contribution in [1.82, 2.24) is 20.0 Å². The van der Waals surface area contributed by atoms with Crippen LogP contribution in [0.15, 0.2) is 103 Å². The Hall–Kier alpha value is -5.45. The van der Waals surface area contributed by atoms with E-state index in [1.165, 1.54) is 16.7 Å². The van der Waals surface area contributed by atoms with Gasteiger partial charge in [0.2, 0.25) is 17.7 Å². The molecule has 4 aromatic carbocycles. The number of ether oxygens (including phenoxy) is 1. The number of carbonyl (C=O) groups is 4. The van der Waals surface area contributed by atoms with Crippen LogP contribution in [0.1, 0.15) is 71.1 Å². The minimum absolute atomic E-state index is 0.183. The molecule has 1 atom stereocenters. The average molecular weight is 788 g/mol. The van der Waals surface area contributed by atoms with E-state index in [9.17, 15) is 19.2 Å². The Morgan fingerprint density at radius 2 is 1.49 bits per heavy atom. The first-order chi connectivity index (χ1) is 27.9. The standard InChI is InChI=1S/C46H50ClN5O5/c47-24-23-37(33-10-3-1-4-11-33)44(34-12-5-2-6-13-34)35-17-19-36(20-18-35)57-31-30-50-26-28-51(29-27-50)43(54)16-7-8-25-48-40-15-9-14-38-39(40)32-52(46(38)56)41-21-22-42(53)49-45(41)55/h1-6,9-15,17-20,41,48H,7-8,16,21-32H2,(H,49,53,55)/b44-37-. The fourth-order valence-corrected chi connectivity index (χ4v) is 8.22. The number of allylic oxidation sites excluding steroid dienone is 1. The van der Waals surface area contributed by atoms with Crippen molar-refractivity contribution in [2.45, 2.75) is 51.1 Å². The van der Waals surface area contributed by atoms with Crippen molar-refractivity contribution in [3.8, 4) is 5.75 Å². The monoisotopic (exact) mass is 787 g/mol. The molecule has 57 heavy (non-hydrogen) atoms. The highest BCUT2D eigenvalue weighted by atomic mass is 35.5. The Bertz CT molecular complexity index is 2070. The quantitative estimate of drug-likeness (QED) is 0.0554. The first-order valence-electron chi connectivity index (χ1n) is 20.0. The average Bonchev–Trinajstić information content (AvgIpc) is 3.58. The molecule has 10 nitrogen and oxygen atoms in total. The minimum Gasteiger partial charge on any atom is -0.492 e. The van der Waals surface area contributed by atoms with Gasteiger partial charge in [-0.3, -0.25) is 29.4 Å². The van der Waals surface area contributed by atoms with E-state index in [2.05, 4.69) is 76.2 Å². The van der Waals surface area contributed by atoms with E-state index in [1.807, 2.05) is 41.3 Å². The lowest BCUT2D eigenvalue weighted by Crippen LogP contribution is -2.52. The number of unbranched alkanes of at least 4 members (excludes halogenated alkanes) is 1. The van der Waals surface area contributed by atoms with Crippen LogP contribution < -0.4 is 15.4 Å². The summed E-state index contributed by atoms with van der Waals surface area (Å²) in [6.07, 6.45) is 3.38. The lowest BCUT2D eigenvalue weighted by molar-refractivity contribution is -0.137.